The van der Waals surface area contributed by atoms with E-state index in [0.29, 0.717) is 5.71 Å². The maximum absolute atomic E-state index is 12.6. The number of sulfonamides is 1. The van der Waals surface area contributed by atoms with E-state index in [1.165, 1.54) is 16.4 Å². The Hall–Kier alpha value is -2.78. The largest absolute Gasteiger partial charge is 0.295 e. The molecule has 0 radical (unpaired) electrons. The van der Waals surface area contributed by atoms with Crippen LogP contribution in [-0.2, 0) is 10.0 Å². The zero-order valence-corrected chi connectivity index (χ0v) is 16.2. The van der Waals surface area contributed by atoms with Crippen LogP contribution in [0.3, 0.4) is 0 Å². The Kier molecular flexibility index (Phi) is 6.65. The number of benzene rings is 2. The first-order chi connectivity index (χ1) is 12.8. The molecule has 0 bridgehead atoms. The minimum absolute atomic E-state index is 0.118. The lowest BCUT2D eigenvalue weighted by molar-refractivity contribution is -0.384. The minimum Gasteiger partial charge on any atom is -0.271 e. The van der Waals surface area contributed by atoms with Crippen LogP contribution < -0.4 is 5.43 Å². The Morgan fingerprint density at radius 3 is 2.33 bits per heavy atom. The third kappa shape index (κ3) is 4.69. The molecule has 0 spiro atoms. The fraction of sp³-hybridized carbons (Fsp3) is 0.278. The van der Waals surface area contributed by atoms with Crippen molar-refractivity contribution in [2.24, 2.45) is 5.10 Å². The minimum atomic E-state index is -3.78. The Morgan fingerprint density at radius 2 is 1.78 bits per heavy atom. The second-order valence-electron chi connectivity index (χ2n) is 5.70. The van der Waals surface area contributed by atoms with Crippen LogP contribution in [0.15, 0.2) is 58.5 Å². The van der Waals surface area contributed by atoms with Crippen LogP contribution in [0.5, 0.6) is 0 Å². The van der Waals surface area contributed by atoms with Gasteiger partial charge in [-0.15, -0.1) is 0 Å². The Morgan fingerprint density at radius 1 is 1.15 bits per heavy atom. The maximum Gasteiger partial charge on any atom is 0.295 e. The monoisotopic (exact) mass is 390 g/mol. The maximum atomic E-state index is 12.6. The molecular weight excluding hydrogens is 368 g/mol. The third-order valence-electron chi connectivity index (χ3n) is 4.04. The summed E-state index contributed by atoms with van der Waals surface area (Å²) in [7, 11) is -3.78. The van der Waals surface area contributed by atoms with Crippen molar-refractivity contribution in [2.45, 2.75) is 25.7 Å². The number of hydrogen-bond donors (Lipinski definition) is 1. The van der Waals surface area contributed by atoms with E-state index in [4.69, 9.17) is 0 Å². The second-order valence-corrected chi connectivity index (χ2v) is 7.64. The molecule has 144 valence electrons. The van der Waals surface area contributed by atoms with Gasteiger partial charge in [0.25, 0.3) is 5.69 Å². The van der Waals surface area contributed by atoms with Crippen LogP contribution in [0.25, 0.3) is 0 Å². The molecule has 0 heterocycles. The van der Waals surface area contributed by atoms with Gasteiger partial charge in [-0.05, 0) is 24.6 Å². The summed E-state index contributed by atoms with van der Waals surface area (Å²) in [6.45, 7) is 5.77. The topological polar surface area (TPSA) is 105 Å². The second kappa shape index (κ2) is 8.74. The first-order valence-corrected chi connectivity index (χ1v) is 9.89. The number of hydrogen-bond acceptors (Lipinski definition) is 6. The van der Waals surface area contributed by atoms with E-state index >= 15 is 0 Å². The van der Waals surface area contributed by atoms with E-state index in [-0.39, 0.29) is 29.4 Å². The summed E-state index contributed by atoms with van der Waals surface area (Å²) in [5.74, 6) is 0. The average Bonchev–Trinajstić information content (AvgIpc) is 2.67. The van der Waals surface area contributed by atoms with Gasteiger partial charge in [0.15, 0.2) is 0 Å². The quantitative estimate of drug-likeness (QED) is 0.422. The predicted molar refractivity (Wildman–Crippen MR) is 105 cm³/mol. The molecule has 0 aliphatic heterocycles. The number of nitrogens with one attached hydrogen (secondary N) is 1. The van der Waals surface area contributed by atoms with E-state index in [9.17, 15) is 18.5 Å². The number of hydrazone groups is 1. The van der Waals surface area contributed by atoms with Crippen molar-refractivity contribution in [3.05, 3.63) is 64.2 Å². The van der Waals surface area contributed by atoms with Gasteiger partial charge in [0, 0.05) is 19.2 Å². The number of nitro groups is 1. The molecule has 0 atom stereocenters. The summed E-state index contributed by atoms with van der Waals surface area (Å²) >= 11 is 0. The molecule has 0 aliphatic carbocycles. The highest BCUT2D eigenvalue weighted by Gasteiger charge is 2.25. The van der Waals surface area contributed by atoms with Crippen LogP contribution >= 0.6 is 0 Å². The van der Waals surface area contributed by atoms with Gasteiger partial charge >= 0.3 is 0 Å². The highest BCUT2D eigenvalue weighted by molar-refractivity contribution is 7.89. The van der Waals surface area contributed by atoms with E-state index in [1.807, 2.05) is 30.3 Å². The van der Waals surface area contributed by atoms with Crippen LogP contribution in [0.2, 0.25) is 0 Å². The third-order valence-corrected chi connectivity index (χ3v) is 6.09. The summed E-state index contributed by atoms with van der Waals surface area (Å²) in [5, 5.41) is 15.6. The molecule has 0 fully saturated rings. The summed E-state index contributed by atoms with van der Waals surface area (Å²) < 4.78 is 26.4. The van der Waals surface area contributed by atoms with Crippen molar-refractivity contribution in [3.8, 4) is 0 Å². The highest BCUT2D eigenvalue weighted by atomic mass is 32.2. The molecule has 9 heteroatoms. The van der Waals surface area contributed by atoms with Crippen molar-refractivity contribution in [1.82, 2.24) is 4.31 Å². The summed E-state index contributed by atoms with van der Waals surface area (Å²) in [4.78, 5) is 10.7. The van der Waals surface area contributed by atoms with Gasteiger partial charge in [-0.1, -0.05) is 44.2 Å². The average molecular weight is 390 g/mol. The van der Waals surface area contributed by atoms with Gasteiger partial charge in [0.05, 0.1) is 15.5 Å². The zero-order valence-electron chi connectivity index (χ0n) is 15.4. The first-order valence-electron chi connectivity index (χ1n) is 8.45. The molecule has 2 aromatic carbocycles. The summed E-state index contributed by atoms with van der Waals surface area (Å²) in [5.41, 5.74) is 3.94. The van der Waals surface area contributed by atoms with Crippen LogP contribution in [-0.4, -0.2) is 36.4 Å². The van der Waals surface area contributed by atoms with Crippen molar-refractivity contribution < 1.29 is 13.3 Å². The van der Waals surface area contributed by atoms with Crippen LogP contribution in [0, 0.1) is 10.1 Å². The smallest absolute Gasteiger partial charge is 0.271 e. The normalized spacial score (nSPS) is 12.2. The standard InChI is InChI=1S/C18H22N4O4S/c1-4-21(5-2)27(25,26)16-11-12-17(18(13-16)22(23)24)20-19-14(3)15-9-7-6-8-10-15/h6-13,20H,4-5H2,1-3H3/b19-14-. The molecule has 2 aromatic rings. The molecule has 0 saturated carbocycles. The molecule has 1 N–H and O–H groups in total. The highest BCUT2D eigenvalue weighted by Crippen LogP contribution is 2.29. The molecule has 0 saturated heterocycles. The lowest BCUT2D eigenvalue weighted by Crippen LogP contribution is -2.30. The Labute approximate surface area is 158 Å². The Bertz CT molecular complexity index is 939. The van der Waals surface area contributed by atoms with Gasteiger partial charge < -0.3 is 0 Å². The van der Waals surface area contributed by atoms with E-state index in [2.05, 4.69) is 10.5 Å². The van der Waals surface area contributed by atoms with Crippen molar-refractivity contribution in [1.29, 1.82) is 0 Å². The molecule has 8 nitrogen and oxygen atoms in total. The van der Waals surface area contributed by atoms with Gasteiger partial charge in [0.1, 0.15) is 5.69 Å². The molecule has 0 aliphatic rings. The van der Waals surface area contributed by atoms with Gasteiger partial charge in [0.2, 0.25) is 10.0 Å². The molecule has 0 unspecified atom stereocenters. The Balaban J connectivity index is 2.38. The SMILES string of the molecule is CCN(CC)S(=O)(=O)c1ccc(N/N=C(/C)c2ccccc2)c([N+](=O)[O-])c1. The number of nitro benzene ring substituents is 1. The zero-order chi connectivity index (χ0) is 20.0. The molecule has 0 amide bonds. The summed E-state index contributed by atoms with van der Waals surface area (Å²) in [6.07, 6.45) is 0. The van der Waals surface area contributed by atoms with Crippen molar-refractivity contribution in [3.63, 3.8) is 0 Å². The van der Waals surface area contributed by atoms with Gasteiger partial charge in [-0.25, -0.2) is 8.42 Å². The number of anilines is 1. The fourth-order valence-electron chi connectivity index (χ4n) is 2.52. The summed E-state index contributed by atoms with van der Waals surface area (Å²) in [6, 6.07) is 13.1. The van der Waals surface area contributed by atoms with E-state index in [0.717, 1.165) is 11.6 Å². The molecule has 27 heavy (non-hydrogen) atoms. The lowest BCUT2D eigenvalue weighted by Gasteiger charge is -2.18. The van der Waals surface area contributed by atoms with Crippen molar-refractivity contribution >= 4 is 27.1 Å². The lowest BCUT2D eigenvalue weighted by atomic mass is 10.1. The van der Waals surface area contributed by atoms with Crippen LogP contribution in [0.4, 0.5) is 11.4 Å². The molecule has 0 aromatic heterocycles. The van der Waals surface area contributed by atoms with Gasteiger partial charge in [-0.3, -0.25) is 15.5 Å². The predicted octanol–water partition coefficient (Wildman–Crippen LogP) is 3.46. The first kappa shape index (κ1) is 20.5. The number of rotatable bonds is 8. The number of nitrogens with zero attached hydrogens (tertiary/aromatic N) is 3. The van der Waals surface area contributed by atoms with E-state index in [1.54, 1.807) is 20.8 Å². The van der Waals surface area contributed by atoms with Crippen LogP contribution in [0.1, 0.15) is 26.3 Å². The molecule has 2 rings (SSSR count). The van der Waals surface area contributed by atoms with Crippen molar-refractivity contribution in [2.75, 3.05) is 18.5 Å². The molecular formula is C18H22N4O4S. The van der Waals surface area contributed by atoms with E-state index < -0.39 is 14.9 Å². The fourth-order valence-corrected chi connectivity index (χ4v) is 4.00. The van der Waals surface area contributed by atoms with Gasteiger partial charge in [-0.2, -0.15) is 9.41 Å².